The van der Waals surface area contributed by atoms with Gasteiger partial charge in [0.05, 0.1) is 6.10 Å². The average Bonchev–Trinajstić information content (AvgIpc) is 2.50. The Bertz CT molecular complexity index is 437. The molecule has 0 spiro atoms. The van der Waals surface area contributed by atoms with Crippen molar-refractivity contribution in [1.82, 2.24) is 9.80 Å². The van der Waals surface area contributed by atoms with E-state index in [1.807, 2.05) is 7.11 Å². The number of methoxy groups -OCH3 is 1. The van der Waals surface area contributed by atoms with E-state index in [9.17, 15) is 0 Å². The monoisotopic (exact) mass is 289 g/mol. The van der Waals surface area contributed by atoms with Gasteiger partial charge in [0.25, 0.3) is 0 Å². The van der Waals surface area contributed by atoms with Crippen LogP contribution in [0.3, 0.4) is 0 Å². The molecule has 1 aliphatic heterocycles. The molecule has 21 heavy (non-hydrogen) atoms. The van der Waals surface area contributed by atoms with Gasteiger partial charge in [0.1, 0.15) is 0 Å². The molecular formula is C17H27N3O. The molecule has 1 aromatic rings. The molecule has 0 bridgehead atoms. The summed E-state index contributed by atoms with van der Waals surface area (Å²) in [6, 6.07) is 10.7. The van der Waals surface area contributed by atoms with Crippen molar-refractivity contribution in [2.24, 2.45) is 5.73 Å². The number of rotatable bonds is 5. The molecule has 0 atom stereocenters. The lowest BCUT2D eigenvalue weighted by Crippen LogP contribution is -2.67. The van der Waals surface area contributed by atoms with E-state index in [0.717, 1.165) is 52.1 Å². The Morgan fingerprint density at radius 3 is 2.38 bits per heavy atom. The number of benzene rings is 1. The number of hydrogen-bond donors (Lipinski definition) is 1. The molecule has 3 rings (SSSR count). The van der Waals surface area contributed by atoms with Crippen molar-refractivity contribution in [3.8, 4) is 0 Å². The van der Waals surface area contributed by atoms with Crippen molar-refractivity contribution in [2.75, 3.05) is 39.8 Å². The third kappa shape index (κ3) is 3.14. The molecule has 2 N–H and O–H groups in total. The lowest BCUT2D eigenvalue weighted by atomic mass is 9.72. The summed E-state index contributed by atoms with van der Waals surface area (Å²) in [5.41, 5.74) is 7.68. The Labute approximate surface area is 127 Å². The maximum atomic E-state index is 6.06. The molecule has 0 radical (unpaired) electrons. The van der Waals surface area contributed by atoms with Crippen LogP contribution in [0.1, 0.15) is 18.4 Å². The highest BCUT2D eigenvalue weighted by Gasteiger charge is 2.48. The Morgan fingerprint density at radius 2 is 1.81 bits per heavy atom. The normalized spacial score (nSPS) is 31.0. The third-order valence-electron chi connectivity index (χ3n) is 5.22. The summed E-state index contributed by atoms with van der Waals surface area (Å²) in [6.07, 6.45) is 2.60. The quantitative estimate of drug-likeness (QED) is 0.887. The summed E-state index contributed by atoms with van der Waals surface area (Å²) in [6.45, 7) is 6.33. The van der Waals surface area contributed by atoms with Gasteiger partial charge in [-0.25, -0.2) is 0 Å². The fraction of sp³-hybridized carbons (Fsp3) is 0.647. The third-order valence-corrected chi connectivity index (χ3v) is 5.22. The summed E-state index contributed by atoms with van der Waals surface area (Å²) in [7, 11) is 1.81. The molecule has 1 aromatic carbocycles. The topological polar surface area (TPSA) is 41.7 Å². The van der Waals surface area contributed by atoms with Crippen LogP contribution in [0.5, 0.6) is 0 Å². The second-order valence-corrected chi connectivity index (χ2v) is 6.44. The average molecular weight is 289 g/mol. The van der Waals surface area contributed by atoms with Gasteiger partial charge < -0.3 is 10.5 Å². The summed E-state index contributed by atoms with van der Waals surface area (Å²) >= 11 is 0. The van der Waals surface area contributed by atoms with Crippen LogP contribution in [-0.4, -0.2) is 61.3 Å². The first kappa shape index (κ1) is 15.0. The molecule has 0 amide bonds. The molecule has 0 aromatic heterocycles. The zero-order chi connectivity index (χ0) is 14.7. The summed E-state index contributed by atoms with van der Waals surface area (Å²) in [4.78, 5) is 5.15. The Balaban J connectivity index is 1.51. The van der Waals surface area contributed by atoms with E-state index in [0.29, 0.717) is 6.10 Å². The van der Waals surface area contributed by atoms with Crippen molar-refractivity contribution in [3.63, 3.8) is 0 Å². The first-order chi connectivity index (χ1) is 10.3. The fourth-order valence-electron chi connectivity index (χ4n) is 3.73. The van der Waals surface area contributed by atoms with Gasteiger partial charge in [-0.05, 0) is 18.4 Å². The maximum absolute atomic E-state index is 6.06. The van der Waals surface area contributed by atoms with Crippen LogP contribution in [0.15, 0.2) is 30.3 Å². The Morgan fingerprint density at radius 1 is 1.14 bits per heavy atom. The minimum Gasteiger partial charge on any atom is -0.381 e. The number of hydrogen-bond acceptors (Lipinski definition) is 4. The lowest BCUT2D eigenvalue weighted by molar-refractivity contribution is -0.0994. The second-order valence-electron chi connectivity index (χ2n) is 6.44. The Hall–Kier alpha value is -0.940. The summed E-state index contributed by atoms with van der Waals surface area (Å²) in [5, 5.41) is 0. The van der Waals surface area contributed by atoms with E-state index >= 15 is 0 Å². The van der Waals surface area contributed by atoms with Crippen molar-refractivity contribution >= 4 is 0 Å². The van der Waals surface area contributed by atoms with Crippen LogP contribution >= 0.6 is 0 Å². The zero-order valence-corrected chi connectivity index (χ0v) is 13.0. The van der Waals surface area contributed by atoms with Gasteiger partial charge >= 0.3 is 0 Å². The van der Waals surface area contributed by atoms with E-state index in [-0.39, 0.29) is 5.54 Å². The molecule has 1 heterocycles. The van der Waals surface area contributed by atoms with E-state index in [1.165, 1.54) is 5.56 Å². The van der Waals surface area contributed by atoms with Crippen LogP contribution in [0, 0.1) is 0 Å². The van der Waals surface area contributed by atoms with Gasteiger partial charge in [0.15, 0.2) is 0 Å². The van der Waals surface area contributed by atoms with Gasteiger partial charge in [0, 0.05) is 51.9 Å². The first-order valence-electron chi connectivity index (χ1n) is 8.00. The van der Waals surface area contributed by atoms with Crippen molar-refractivity contribution in [3.05, 3.63) is 35.9 Å². The second kappa shape index (κ2) is 6.44. The molecule has 4 heteroatoms. The van der Waals surface area contributed by atoms with Crippen molar-refractivity contribution in [2.45, 2.75) is 31.0 Å². The minimum atomic E-state index is 0.208. The van der Waals surface area contributed by atoms with Crippen LogP contribution in [-0.2, 0) is 11.3 Å². The Kier molecular flexibility index (Phi) is 4.60. The van der Waals surface area contributed by atoms with Gasteiger partial charge in [-0.1, -0.05) is 30.3 Å². The van der Waals surface area contributed by atoms with E-state index in [4.69, 9.17) is 10.5 Å². The van der Waals surface area contributed by atoms with Gasteiger partial charge in [-0.2, -0.15) is 0 Å². The smallest absolute Gasteiger partial charge is 0.0607 e. The largest absolute Gasteiger partial charge is 0.381 e. The van der Waals surface area contributed by atoms with E-state index in [1.54, 1.807) is 0 Å². The predicted octanol–water partition coefficient (Wildman–Crippen LogP) is 1.31. The highest BCUT2D eigenvalue weighted by atomic mass is 16.5. The predicted molar refractivity (Wildman–Crippen MR) is 85.1 cm³/mol. The fourth-order valence-corrected chi connectivity index (χ4v) is 3.73. The van der Waals surface area contributed by atoms with E-state index < -0.39 is 0 Å². The summed E-state index contributed by atoms with van der Waals surface area (Å²) in [5.74, 6) is 0. The van der Waals surface area contributed by atoms with Crippen LogP contribution in [0.2, 0.25) is 0 Å². The zero-order valence-electron chi connectivity index (χ0n) is 13.0. The lowest BCUT2D eigenvalue weighted by Gasteiger charge is -2.55. The molecule has 1 saturated carbocycles. The maximum Gasteiger partial charge on any atom is 0.0607 e. The number of piperazine rings is 1. The van der Waals surface area contributed by atoms with Crippen LogP contribution in [0.4, 0.5) is 0 Å². The van der Waals surface area contributed by atoms with Gasteiger partial charge in [-0.3, -0.25) is 9.80 Å². The molecule has 2 aliphatic rings. The first-order valence-corrected chi connectivity index (χ1v) is 8.00. The summed E-state index contributed by atoms with van der Waals surface area (Å²) < 4.78 is 5.44. The van der Waals surface area contributed by atoms with Crippen molar-refractivity contribution < 1.29 is 4.74 Å². The standard InChI is InChI=1S/C17H27N3O/c1-21-16-11-17(12-16,14-18)20-9-7-19(8-10-20)13-15-5-3-2-4-6-15/h2-6,16H,7-14,18H2,1H3. The molecule has 1 saturated heterocycles. The van der Waals surface area contributed by atoms with E-state index in [2.05, 4.69) is 40.1 Å². The molecule has 4 nitrogen and oxygen atoms in total. The molecule has 116 valence electrons. The highest BCUT2D eigenvalue weighted by Crippen LogP contribution is 2.39. The molecule has 2 fully saturated rings. The number of ether oxygens (including phenoxy) is 1. The molecular weight excluding hydrogens is 262 g/mol. The number of nitrogens with two attached hydrogens (primary N) is 1. The number of nitrogens with zero attached hydrogens (tertiary/aromatic N) is 2. The van der Waals surface area contributed by atoms with Crippen LogP contribution < -0.4 is 5.73 Å². The molecule has 0 unspecified atom stereocenters. The minimum absolute atomic E-state index is 0.208. The van der Waals surface area contributed by atoms with Gasteiger partial charge in [-0.15, -0.1) is 0 Å². The SMILES string of the molecule is COC1CC(CN)(N2CCN(Cc3ccccc3)CC2)C1. The van der Waals surface area contributed by atoms with Gasteiger partial charge in [0.2, 0.25) is 0 Å². The van der Waals surface area contributed by atoms with Crippen LogP contribution in [0.25, 0.3) is 0 Å². The van der Waals surface area contributed by atoms with Crippen molar-refractivity contribution in [1.29, 1.82) is 0 Å². The molecule has 1 aliphatic carbocycles. The highest BCUT2D eigenvalue weighted by molar-refractivity contribution is 5.14.